The molecule has 0 aliphatic heterocycles. The van der Waals surface area contributed by atoms with Crippen LogP contribution >= 0.6 is 11.6 Å². The number of hydrogen-bond acceptors (Lipinski definition) is 2. The van der Waals surface area contributed by atoms with Gasteiger partial charge in [-0.25, -0.2) is 4.39 Å². The molecule has 1 fully saturated rings. The highest BCUT2D eigenvalue weighted by molar-refractivity contribution is 6.30. The lowest BCUT2D eigenvalue weighted by Gasteiger charge is -2.36. The van der Waals surface area contributed by atoms with Gasteiger partial charge in [0.15, 0.2) is 0 Å². The highest BCUT2D eigenvalue weighted by atomic mass is 35.5. The first-order valence-electron chi connectivity index (χ1n) is 7.53. The van der Waals surface area contributed by atoms with Crippen molar-refractivity contribution in [3.63, 3.8) is 0 Å². The van der Waals surface area contributed by atoms with E-state index in [1.807, 2.05) is 0 Å². The number of hydrogen-bond donors (Lipinski definition) is 1. The zero-order valence-electron chi connectivity index (χ0n) is 12.1. The Balaban J connectivity index is 2.04. The van der Waals surface area contributed by atoms with Crippen molar-refractivity contribution in [3.05, 3.63) is 34.6 Å². The van der Waals surface area contributed by atoms with Gasteiger partial charge in [-0.3, -0.25) is 4.90 Å². The van der Waals surface area contributed by atoms with Gasteiger partial charge in [0.25, 0.3) is 0 Å². The lowest BCUT2D eigenvalue weighted by molar-refractivity contribution is 0.140. The van der Waals surface area contributed by atoms with Crippen molar-refractivity contribution in [1.29, 1.82) is 0 Å². The molecule has 0 atom stereocenters. The van der Waals surface area contributed by atoms with Crippen molar-refractivity contribution in [3.8, 4) is 0 Å². The van der Waals surface area contributed by atoms with E-state index in [9.17, 15) is 4.39 Å². The van der Waals surface area contributed by atoms with Crippen molar-refractivity contribution in [2.75, 3.05) is 6.54 Å². The Bertz CT molecular complexity index is 430. The van der Waals surface area contributed by atoms with E-state index < -0.39 is 0 Å². The third-order valence-electron chi connectivity index (χ3n) is 4.16. The molecule has 20 heavy (non-hydrogen) atoms. The Morgan fingerprint density at radius 2 is 2.00 bits per heavy atom. The van der Waals surface area contributed by atoms with E-state index in [0.29, 0.717) is 23.7 Å². The van der Waals surface area contributed by atoms with Gasteiger partial charge in [-0.1, -0.05) is 24.6 Å². The number of rotatable bonds is 5. The fourth-order valence-electron chi connectivity index (χ4n) is 3.01. The molecule has 1 aliphatic carbocycles. The number of nitrogens with zero attached hydrogens (tertiary/aromatic N) is 1. The average molecular weight is 299 g/mol. The average Bonchev–Trinajstić information content (AvgIpc) is 2.42. The quantitative estimate of drug-likeness (QED) is 0.891. The van der Waals surface area contributed by atoms with Crippen LogP contribution in [0.5, 0.6) is 0 Å². The van der Waals surface area contributed by atoms with Gasteiger partial charge >= 0.3 is 0 Å². The molecular weight excluding hydrogens is 275 g/mol. The number of halogens is 2. The van der Waals surface area contributed by atoms with Gasteiger partial charge < -0.3 is 5.73 Å². The second-order valence-corrected chi connectivity index (χ2v) is 6.21. The molecule has 1 saturated carbocycles. The molecule has 4 heteroatoms. The van der Waals surface area contributed by atoms with Gasteiger partial charge in [-0.05, 0) is 50.8 Å². The van der Waals surface area contributed by atoms with Gasteiger partial charge in [-0.15, -0.1) is 0 Å². The summed E-state index contributed by atoms with van der Waals surface area (Å²) in [5.41, 5.74) is 6.71. The summed E-state index contributed by atoms with van der Waals surface area (Å²) in [6, 6.07) is 5.85. The lowest BCUT2D eigenvalue weighted by Crippen LogP contribution is -2.41. The molecule has 0 saturated heterocycles. The smallest absolute Gasteiger partial charge is 0.129 e. The summed E-state index contributed by atoms with van der Waals surface area (Å²) in [5.74, 6) is -0.203. The highest BCUT2D eigenvalue weighted by Crippen LogP contribution is 2.25. The molecule has 0 amide bonds. The van der Waals surface area contributed by atoms with E-state index in [2.05, 4.69) is 11.8 Å². The molecule has 0 radical (unpaired) electrons. The maximum atomic E-state index is 13.9. The van der Waals surface area contributed by atoms with E-state index in [4.69, 9.17) is 17.3 Å². The summed E-state index contributed by atoms with van der Waals surface area (Å²) in [7, 11) is 0. The predicted molar refractivity (Wildman–Crippen MR) is 82.3 cm³/mol. The van der Waals surface area contributed by atoms with Crippen LogP contribution in [0.4, 0.5) is 4.39 Å². The van der Waals surface area contributed by atoms with Crippen LogP contribution in [-0.2, 0) is 6.54 Å². The van der Waals surface area contributed by atoms with Crippen LogP contribution in [0.25, 0.3) is 0 Å². The second-order valence-electron chi connectivity index (χ2n) is 5.77. The monoisotopic (exact) mass is 298 g/mol. The van der Waals surface area contributed by atoms with Gasteiger partial charge in [-0.2, -0.15) is 0 Å². The molecule has 1 aromatic carbocycles. The minimum atomic E-state index is -0.203. The van der Waals surface area contributed by atoms with Crippen molar-refractivity contribution in [2.24, 2.45) is 5.73 Å². The summed E-state index contributed by atoms with van der Waals surface area (Å²) in [4.78, 5) is 2.40. The highest BCUT2D eigenvalue weighted by Gasteiger charge is 2.24. The van der Waals surface area contributed by atoms with Gasteiger partial charge in [0.1, 0.15) is 5.82 Å². The first-order chi connectivity index (χ1) is 9.60. The normalized spacial score (nSPS) is 23.2. The van der Waals surface area contributed by atoms with Crippen LogP contribution in [0.3, 0.4) is 0 Å². The molecule has 0 bridgehead atoms. The fourth-order valence-corrected chi connectivity index (χ4v) is 3.17. The van der Waals surface area contributed by atoms with Crippen molar-refractivity contribution in [2.45, 2.75) is 57.7 Å². The molecule has 2 N–H and O–H groups in total. The molecule has 1 aliphatic rings. The molecule has 0 spiro atoms. The van der Waals surface area contributed by atoms with Gasteiger partial charge in [0, 0.05) is 29.2 Å². The molecule has 112 valence electrons. The Kier molecular flexibility index (Phi) is 5.82. The summed E-state index contributed by atoms with van der Waals surface area (Å²) in [5, 5.41) is 0.455. The van der Waals surface area contributed by atoms with Crippen LogP contribution < -0.4 is 5.73 Å². The molecule has 0 aromatic heterocycles. The van der Waals surface area contributed by atoms with E-state index in [1.54, 1.807) is 12.1 Å². The largest absolute Gasteiger partial charge is 0.328 e. The van der Waals surface area contributed by atoms with E-state index in [0.717, 1.165) is 44.2 Å². The standard InChI is InChI=1S/C16H24ClFN2/c1-2-9-20(15-7-5-14(19)6-8-15)11-12-3-4-13(17)10-16(12)18/h3-4,10,14-15H,2,5-9,11,19H2,1H3. The topological polar surface area (TPSA) is 29.3 Å². The van der Waals surface area contributed by atoms with Crippen molar-refractivity contribution >= 4 is 11.6 Å². The third kappa shape index (κ3) is 4.18. The Labute approximate surface area is 126 Å². The SMILES string of the molecule is CCCN(Cc1ccc(Cl)cc1F)C1CCC(N)CC1. The minimum Gasteiger partial charge on any atom is -0.328 e. The summed E-state index contributed by atoms with van der Waals surface area (Å²) < 4.78 is 13.9. The van der Waals surface area contributed by atoms with E-state index in [-0.39, 0.29) is 5.82 Å². The van der Waals surface area contributed by atoms with Crippen LogP contribution in [0.2, 0.25) is 5.02 Å². The lowest BCUT2D eigenvalue weighted by atomic mass is 9.90. The predicted octanol–water partition coefficient (Wildman–Crippen LogP) is 3.96. The third-order valence-corrected chi connectivity index (χ3v) is 4.39. The second kappa shape index (κ2) is 7.39. The van der Waals surface area contributed by atoms with Crippen LogP contribution in [0.15, 0.2) is 18.2 Å². The maximum Gasteiger partial charge on any atom is 0.129 e. The van der Waals surface area contributed by atoms with E-state index in [1.165, 1.54) is 6.07 Å². The Hall–Kier alpha value is -0.640. The Morgan fingerprint density at radius 1 is 1.30 bits per heavy atom. The summed E-state index contributed by atoms with van der Waals surface area (Å²) in [6.07, 6.45) is 5.48. The van der Waals surface area contributed by atoms with Crippen molar-refractivity contribution < 1.29 is 4.39 Å². The van der Waals surface area contributed by atoms with Gasteiger partial charge in [0.2, 0.25) is 0 Å². The maximum absolute atomic E-state index is 13.9. The molecular formula is C16H24ClFN2. The zero-order chi connectivity index (χ0) is 14.5. The van der Waals surface area contributed by atoms with Crippen LogP contribution in [-0.4, -0.2) is 23.5 Å². The number of benzene rings is 1. The fraction of sp³-hybridized carbons (Fsp3) is 0.625. The number of nitrogens with two attached hydrogens (primary N) is 1. The van der Waals surface area contributed by atoms with Crippen LogP contribution in [0, 0.1) is 5.82 Å². The molecule has 2 nitrogen and oxygen atoms in total. The van der Waals surface area contributed by atoms with Crippen molar-refractivity contribution in [1.82, 2.24) is 4.90 Å². The first-order valence-corrected chi connectivity index (χ1v) is 7.91. The van der Waals surface area contributed by atoms with Crippen LogP contribution in [0.1, 0.15) is 44.6 Å². The van der Waals surface area contributed by atoms with E-state index >= 15 is 0 Å². The Morgan fingerprint density at radius 3 is 2.60 bits per heavy atom. The molecule has 1 aromatic rings. The molecule has 0 heterocycles. The first kappa shape index (κ1) is 15.7. The minimum absolute atomic E-state index is 0.203. The van der Waals surface area contributed by atoms with Gasteiger partial charge in [0.05, 0.1) is 0 Å². The summed E-state index contributed by atoms with van der Waals surface area (Å²) >= 11 is 5.81. The zero-order valence-corrected chi connectivity index (χ0v) is 12.9. The molecule has 0 unspecified atom stereocenters. The summed E-state index contributed by atoms with van der Waals surface area (Å²) in [6.45, 7) is 3.83. The molecule has 2 rings (SSSR count).